The van der Waals surface area contributed by atoms with Gasteiger partial charge in [0.05, 0.1) is 0 Å². The summed E-state index contributed by atoms with van der Waals surface area (Å²) in [5.74, 6) is -0.810. The molecule has 2 aromatic carbocycles. The minimum atomic E-state index is -0.367. The number of hydrogen-bond donors (Lipinski definition) is 3. The van der Waals surface area contributed by atoms with Crippen LogP contribution in [0.4, 0.5) is 4.39 Å². The second-order valence-corrected chi connectivity index (χ2v) is 5.62. The fourth-order valence-corrected chi connectivity index (χ4v) is 2.55. The van der Waals surface area contributed by atoms with E-state index in [4.69, 9.17) is 0 Å². The number of nitrogens with one attached hydrogen (secondary N) is 3. The van der Waals surface area contributed by atoms with Crippen molar-refractivity contribution in [3.63, 3.8) is 0 Å². The molecular formula is C19H18FN3O2. The number of aromatic amines is 1. The summed E-state index contributed by atoms with van der Waals surface area (Å²) >= 11 is 0. The molecule has 0 saturated heterocycles. The average Bonchev–Trinajstić information content (AvgIpc) is 3.06. The first kappa shape index (κ1) is 16.7. The van der Waals surface area contributed by atoms with Crippen LogP contribution in [0.2, 0.25) is 0 Å². The van der Waals surface area contributed by atoms with Crippen LogP contribution in [-0.2, 0) is 6.54 Å². The Labute approximate surface area is 144 Å². The second-order valence-electron chi connectivity index (χ2n) is 5.62. The van der Waals surface area contributed by atoms with Crippen molar-refractivity contribution in [1.29, 1.82) is 0 Å². The van der Waals surface area contributed by atoms with Gasteiger partial charge in [-0.2, -0.15) is 0 Å². The lowest BCUT2D eigenvalue weighted by Crippen LogP contribution is -2.24. The Balaban J connectivity index is 1.65. The van der Waals surface area contributed by atoms with Gasteiger partial charge in [0.15, 0.2) is 0 Å². The summed E-state index contributed by atoms with van der Waals surface area (Å²) in [6, 6.07) is 13.2. The number of carbonyl (C=O) groups is 2. The minimum absolute atomic E-state index is 0.127. The van der Waals surface area contributed by atoms with Crippen molar-refractivity contribution in [3.05, 3.63) is 71.2 Å². The number of H-pyrrole nitrogens is 1. The lowest BCUT2D eigenvalue weighted by molar-refractivity contribution is 0.0941. The molecule has 0 spiro atoms. The summed E-state index contributed by atoms with van der Waals surface area (Å²) in [7, 11) is 0. The molecule has 1 heterocycles. The van der Waals surface area contributed by atoms with E-state index in [9.17, 15) is 14.0 Å². The van der Waals surface area contributed by atoms with Crippen molar-refractivity contribution >= 4 is 22.7 Å². The molecule has 5 nitrogen and oxygen atoms in total. The highest BCUT2D eigenvalue weighted by Gasteiger charge is 2.11. The molecule has 0 aliphatic rings. The first-order chi connectivity index (χ1) is 12.1. The van der Waals surface area contributed by atoms with Crippen LogP contribution in [0.15, 0.2) is 48.5 Å². The standard InChI is InChI=1S/C19H18FN3O2/c1-2-21-18(24)13-8-6-12(7-9-13)11-22-19(25)17-10-14-15(20)4-3-5-16(14)23-17/h3-10,23H,2,11H2,1H3,(H,21,24)(H,22,25). The first-order valence-electron chi connectivity index (χ1n) is 8.01. The predicted octanol–water partition coefficient (Wildman–Crippen LogP) is 2.99. The topological polar surface area (TPSA) is 74.0 Å². The molecule has 0 atom stereocenters. The molecular weight excluding hydrogens is 321 g/mol. The molecule has 128 valence electrons. The summed E-state index contributed by atoms with van der Waals surface area (Å²) in [6.07, 6.45) is 0. The number of amides is 2. The van der Waals surface area contributed by atoms with E-state index in [-0.39, 0.29) is 17.6 Å². The summed E-state index contributed by atoms with van der Waals surface area (Å²) in [5, 5.41) is 5.89. The van der Waals surface area contributed by atoms with Gasteiger partial charge in [-0.25, -0.2) is 4.39 Å². The summed E-state index contributed by atoms with van der Waals surface area (Å²) in [5.41, 5.74) is 2.32. The van der Waals surface area contributed by atoms with Crippen molar-refractivity contribution < 1.29 is 14.0 Å². The molecule has 6 heteroatoms. The molecule has 0 bridgehead atoms. The number of aromatic nitrogens is 1. The maximum absolute atomic E-state index is 13.7. The van der Waals surface area contributed by atoms with Crippen LogP contribution in [0.3, 0.4) is 0 Å². The highest BCUT2D eigenvalue weighted by Crippen LogP contribution is 2.18. The summed E-state index contributed by atoms with van der Waals surface area (Å²) < 4.78 is 13.7. The number of rotatable bonds is 5. The monoisotopic (exact) mass is 339 g/mol. The van der Waals surface area contributed by atoms with E-state index < -0.39 is 0 Å². The Kier molecular flexibility index (Phi) is 4.79. The van der Waals surface area contributed by atoms with Gasteiger partial charge in [-0.05, 0) is 42.8 Å². The zero-order valence-corrected chi connectivity index (χ0v) is 13.7. The largest absolute Gasteiger partial charge is 0.352 e. The average molecular weight is 339 g/mol. The van der Waals surface area contributed by atoms with Gasteiger partial charge < -0.3 is 15.6 Å². The van der Waals surface area contributed by atoms with E-state index in [0.717, 1.165) is 5.56 Å². The maximum Gasteiger partial charge on any atom is 0.267 e. The van der Waals surface area contributed by atoms with Gasteiger partial charge in [0.1, 0.15) is 11.5 Å². The molecule has 0 aliphatic heterocycles. The van der Waals surface area contributed by atoms with Crippen LogP contribution in [0.25, 0.3) is 10.9 Å². The van der Waals surface area contributed by atoms with E-state index in [1.54, 1.807) is 36.4 Å². The van der Waals surface area contributed by atoms with Crippen LogP contribution in [0.5, 0.6) is 0 Å². The molecule has 2 amide bonds. The number of fused-ring (bicyclic) bond motifs is 1. The molecule has 0 fully saturated rings. The Morgan fingerprint density at radius 3 is 2.48 bits per heavy atom. The van der Waals surface area contributed by atoms with E-state index in [1.165, 1.54) is 12.1 Å². The SMILES string of the molecule is CCNC(=O)c1ccc(CNC(=O)c2cc3c(F)cccc3[nH]2)cc1. The lowest BCUT2D eigenvalue weighted by Gasteiger charge is -2.06. The van der Waals surface area contributed by atoms with E-state index in [1.807, 2.05) is 6.92 Å². The highest BCUT2D eigenvalue weighted by atomic mass is 19.1. The third-order valence-electron chi connectivity index (χ3n) is 3.86. The predicted molar refractivity (Wildman–Crippen MR) is 93.9 cm³/mol. The second kappa shape index (κ2) is 7.17. The molecule has 0 aliphatic carbocycles. The molecule has 1 aromatic heterocycles. The van der Waals surface area contributed by atoms with Crippen LogP contribution >= 0.6 is 0 Å². The molecule has 3 N–H and O–H groups in total. The molecule has 3 rings (SSSR count). The summed E-state index contributed by atoms with van der Waals surface area (Å²) in [4.78, 5) is 26.8. The van der Waals surface area contributed by atoms with Gasteiger partial charge in [-0.15, -0.1) is 0 Å². The number of halogens is 1. The van der Waals surface area contributed by atoms with Crippen LogP contribution < -0.4 is 10.6 Å². The third-order valence-corrected chi connectivity index (χ3v) is 3.86. The van der Waals surface area contributed by atoms with Crippen molar-refractivity contribution in [2.75, 3.05) is 6.54 Å². The van der Waals surface area contributed by atoms with Gasteiger partial charge in [0.25, 0.3) is 11.8 Å². The third kappa shape index (κ3) is 3.68. The molecule has 25 heavy (non-hydrogen) atoms. The summed E-state index contributed by atoms with van der Waals surface area (Å²) in [6.45, 7) is 2.74. The van der Waals surface area contributed by atoms with Gasteiger partial charge in [-0.1, -0.05) is 18.2 Å². The lowest BCUT2D eigenvalue weighted by atomic mass is 10.1. The maximum atomic E-state index is 13.7. The van der Waals surface area contributed by atoms with E-state index in [0.29, 0.717) is 35.2 Å². The minimum Gasteiger partial charge on any atom is -0.352 e. The quantitative estimate of drug-likeness (QED) is 0.668. The van der Waals surface area contributed by atoms with Crippen LogP contribution in [0.1, 0.15) is 33.3 Å². The van der Waals surface area contributed by atoms with Crippen molar-refractivity contribution in [2.45, 2.75) is 13.5 Å². The van der Waals surface area contributed by atoms with Gasteiger partial charge in [0.2, 0.25) is 0 Å². The smallest absolute Gasteiger partial charge is 0.267 e. The van der Waals surface area contributed by atoms with Crippen molar-refractivity contribution in [3.8, 4) is 0 Å². The van der Waals surface area contributed by atoms with Gasteiger partial charge in [0, 0.05) is 29.6 Å². The molecule has 0 saturated carbocycles. The Bertz CT molecular complexity index is 916. The fraction of sp³-hybridized carbons (Fsp3) is 0.158. The number of hydrogen-bond acceptors (Lipinski definition) is 2. The highest BCUT2D eigenvalue weighted by molar-refractivity contribution is 5.98. The number of carbonyl (C=O) groups excluding carboxylic acids is 2. The normalized spacial score (nSPS) is 10.6. The van der Waals surface area contributed by atoms with Crippen molar-refractivity contribution in [1.82, 2.24) is 15.6 Å². The molecule has 0 radical (unpaired) electrons. The Hall–Kier alpha value is -3.15. The fourth-order valence-electron chi connectivity index (χ4n) is 2.55. The van der Waals surface area contributed by atoms with E-state index in [2.05, 4.69) is 15.6 Å². The van der Waals surface area contributed by atoms with Gasteiger partial charge in [-0.3, -0.25) is 9.59 Å². The first-order valence-corrected chi connectivity index (χ1v) is 8.01. The Morgan fingerprint density at radius 1 is 1.04 bits per heavy atom. The molecule has 0 unspecified atom stereocenters. The zero-order valence-electron chi connectivity index (χ0n) is 13.7. The Morgan fingerprint density at radius 2 is 1.80 bits per heavy atom. The van der Waals surface area contributed by atoms with Gasteiger partial charge >= 0.3 is 0 Å². The number of benzene rings is 2. The van der Waals surface area contributed by atoms with Crippen LogP contribution in [-0.4, -0.2) is 23.3 Å². The van der Waals surface area contributed by atoms with Crippen LogP contribution in [0, 0.1) is 5.82 Å². The van der Waals surface area contributed by atoms with Crippen molar-refractivity contribution in [2.24, 2.45) is 0 Å². The zero-order chi connectivity index (χ0) is 17.8. The van der Waals surface area contributed by atoms with E-state index >= 15 is 0 Å². The molecule has 3 aromatic rings.